The van der Waals surface area contributed by atoms with Crippen LogP contribution in [0.1, 0.15) is 51.9 Å². The maximum Gasteiger partial charge on any atom is 0.408 e. The number of methoxy groups -OCH3 is 2. The number of esters is 1. The molecule has 4 atom stereocenters. The second-order valence-electron chi connectivity index (χ2n) is 11.5. The van der Waals surface area contributed by atoms with Crippen molar-refractivity contribution in [1.29, 1.82) is 0 Å². The van der Waals surface area contributed by atoms with Gasteiger partial charge < -0.3 is 24.0 Å². The second-order valence-corrected chi connectivity index (χ2v) is 16.4. The van der Waals surface area contributed by atoms with Gasteiger partial charge in [0.05, 0.1) is 19.8 Å². The first-order chi connectivity index (χ1) is 16.0. The Labute approximate surface area is 210 Å². The van der Waals surface area contributed by atoms with Gasteiger partial charge in [-0.1, -0.05) is 32.9 Å². The quantitative estimate of drug-likeness (QED) is 0.290. The minimum atomic E-state index is -2.12. The van der Waals surface area contributed by atoms with Crippen LogP contribution in [0.15, 0.2) is 24.3 Å². The number of benzene rings is 1. The Morgan fingerprint density at radius 2 is 1.63 bits per heavy atom. The number of Topliss-reactive ketones (excluding diaryl/α,β-unsaturated/α-hetero) is 1. The maximum atomic E-state index is 13.6. The Kier molecular flexibility index (Phi) is 8.82. The van der Waals surface area contributed by atoms with Crippen molar-refractivity contribution < 1.29 is 33.0 Å². The lowest BCUT2D eigenvalue weighted by Gasteiger charge is -2.36. The highest BCUT2D eigenvalue weighted by Gasteiger charge is 2.61. The molecular weight excluding hydrogens is 466 g/mol. The van der Waals surface area contributed by atoms with Crippen LogP contribution in [0.4, 0.5) is 4.79 Å². The van der Waals surface area contributed by atoms with Gasteiger partial charge in [0.1, 0.15) is 17.4 Å². The molecule has 1 N–H and O–H groups in total. The van der Waals surface area contributed by atoms with Gasteiger partial charge in [0.2, 0.25) is 0 Å². The number of alkyl carbamates (subject to hydrolysis) is 1. The summed E-state index contributed by atoms with van der Waals surface area (Å²) in [6, 6.07) is 5.94. The first-order valence-electron chi connectivity index (χ1n) is 11.9. The average molecular weight is 508 g/mol. The van der Waals surface area contributed by atoms with Crippen molar-refractivity contribution in [3.8, 4) is 5.75 Å². The number of ether oxygens (including phenoxy) is 3. The third-order valence-electron chi connectivity index (χ3n) is 6.86. The van der Waals surface area contributed by atoms with Crippen molar-refractivity contribution in [2.75, 3.05) is 20.8 Å². The molecule has 196 valence electrons. The molecule has 9 heteroatoms. The summed E-state index contributed by atoms with van der Waals surface area (Å²) >= 11 is 0. The predicted molar refractivity (Wildman–Crippen MR) is 136 cm³/mol. The summed E-state index contributed by atoms with van der Waals surface area (Å²) in [5.41, 5.74) is -0.313. The van der Waals surface area contributed by atoms with E-state index < -0.39 is 43.9 Å². The number of hydrogen-bond acceptors (Lipinski definition) is 7. The van der Waals surface area contributed by atoms with Gasteiger partial charge in [0.15, 0.2) is 14.1 Å². The molecular formula is C26H41NO7Si. The molecule has 1 aromatic carbocycles. The van der Waals surface area contributed by atoms with E-state index in [1.54, 1.807) is 45.0 Å². The molecule has 1 aliphatic carbocycles. The maximum absolute atomic E-state index is 13.6. The van der Waals surface area contributed by atoms with Gasteiger partial charge >= 0.3 is 12.1 Å². The van der Waals surface area contributed by atoms with Gasteiger partial charge in [-0.25, -0.2) is 9.59 Å². The van der Waals surface area contributed by atoms with Crippen LogP contribution in [0.5, 0.6) is 5.75 Å². The smallest absolute Gasteiger partial charge is 0.408 e. The van der Waals surface area contributed by atoms with Crippen molar-refractivity contribution in [1.82, 2.24) is 5.32 Å². The summed E-state index contributed by atoms with van der Waals surface area (Å²) in [4.78, 5) is 39.0. The fraction of sp³-hybridized carbons (Fsp3) is 0.654. The fourth-order valence-corrected chi connectivity index (χ4v) is 4.90. The first-order valence-corrected chi connectivity index (χ1v) is 14.8. The molecule has 0 aliphatic heterocycles. The normalized spacial score (nSPS) is 21.0. The Morgan fingerprint density at radius 1 is 1.03 bits per heavy atom. The predicted octanol–water partition coefficient (Wildman–Crippen LogP) is 4.83. The molecule has 1 aliphatic rings. The molecule has 0 bridgehead atoms. The molecule has 0 radical (unpaired) electrons. The largest absolute Gasteiger partial charge is 0.496 e. The van der Waals surface area contributed by atoms with Crippen LogP contribution in [0.3, 0.4) is 0 Å². The van der Waals surface area contributed by atoms with Gasteiger partial charge in [-0.05, 0) is 57.0 Å². The van der Waals surface area contributed by atoms with E-state index >= 15 is 0 Å². The van der Waals surface area contributed by atoms with E-state index in [-0.39, 0.29) is 16.7 Å². The molecule has 2 rings (SSSR count). The van der Waals surface area contributed by atoms with Crippen LogP contribution in [0.2, 0.25) is 18.1 Å². The molecule has 0 aromatic heterocycles. The zero-order valence-electron chi connectivity index (χ0n) is 22.7. The molecule has 0 unspecified atom stereocenters. The van der Waals surface area contributed by atoms with Crippen molar-refractivity contribution in [3.63, 3.8) is 0 Å². The minimum Gasteiger partial charge on any atom is -0.496 e. The SMILES string of the molecule is COC(=O)[C@H](NC(=O)OC(C)(C)C)[C@H]1[C@@H](CO[Si](C)(C)C(C)(C)C)[C@@H]1C(=O)c1ccccc1OC. The molecule has 8 nitrogen and oxygen atoms in total. The number of amides is 1. The summed E-state index contributed by atoms with van der Waals surface area (Å²) in [6.45, 7) is 16.2. The molecule has 1 amide bonds. The average Bonchev–Trinajstić information content (AvgIpc) is 3.46. The number of carbonyl (C=O) groups excluding carboxylic acids is 3. The highest BCUT2D eigenvalue weighted by molar-refractivity contribution is 6.74. The number of rotatable bonds is 9. The minimum absolute atomic E-state index is 0.0178. The Bertz CT molecular complexity index is 932. The van der Waals surface area contributed by atoms with E-state index in [0.29, 0.717) is 17.9 Å². The van der Waals surface area contributed by atoms with Gasteiger partial charge in [-0.3, -0.25) is 4.79 Å². The second kappa shape index (κ2) is 10.7. The summed E-state index contributed by atoms with van der Waals surface area (Å²) in [5, 5.41) is 2.63. The van der Waals surface area contributed by atoms with E-state index in [9.17, 15) is 14.4 Å². The molecule has 0 heterocycles. The first kappa shape index (κ1) is 28.8. The van der Waals surface area contributed by atoms with Gasteiger partial charge in [-0.2, -0.15) is 0 Å². The summed E-state index contributed by atoms with van der Waals surface area (Å²) in [6.07, 6.45) is -0.743. The number of hydrogen-bond donors (Lipinski definition) is 1. The van der Waals surface area contributed by atoms with Gasteiger partial charge in [0, 0.05) is 18.4 Å². The topological polar surface area (TPSA) is 100 Å². The van der Waals surface area contributed by atoms with Crippen molar-refractivity contribution in [2.24, 2.45) is 17.8 Å². The van der Waals surface area contributed by atoms with E-state index in [1.807, 2.05) is 0 Å². The third-order valence-corrected chi connectivity index (χ3v) is 11.4. The van der Waals surface area contributed by atoms with Crippen LogP contribution >= 0.6 is 0 Å². The van der Waals surface area contributed by atoms with Crippen molar-refractivity contribution in [3.05, 3.63) is 29.8 Å². The van der Waals surface area contributed by atoms with E-state index in [0.717, 1.165) is 0 Å². The Morgan fingerprint density at radius 3 is 2.14 bits per heavy atom. The third kappa shape index (κ3) is 7.07. The fourth-order valence-electron chi connectivity index (χ4n) is 3.86. The highest BCUT2D eigenvalue weighted by atomic mass is 28.4. The summed E-state index contributed by atoms with van der Waals surface area (Å²) in [7, 11) is 0.649. The van der Waals surface area contributed by atoms with E-state index in [2.05, 4.69) is 39.2 Å². The van der Waals surface area contributed by atoms with Gasteiger partial charge in [-0.15, -0.1) is 0 Å². The van der Waals surface area contributed by atoms with Crippen LogP contribution in [0, 0.1) is 17.8 Å². The van der Waals surface area contributed by atoms with E-state index in [1.165, 1.54) is 14.2 Å². The van der Waals surface area contributed by atoms with Crippen LogP contribution in [0.25, 0.3) is 0 Å². The summed E-state index contributed by atoms with van der Waals surface area (Å²) < 4.78 is 22.2. The number of para-hydroxylation sites is 1. The molecule has 1 aromatic rings. The standard InChI is InChI=1S/C26H41NO7Si/c1-25(2,3)34-24(30)27-21(23(29)32-8)19-17(15-33-35(9,10)26(4,5)6)20(19)22(28)16-13-11-12-14-18(16)31-7/h11-14,17,19-21H,15H2,1-10H3,(H,27,30)/t17-,19+,20+,21-/m1/s1. The molecule has 1 saturated carbocycles. The van der Waals surface area contributed by atoms with Crippen molar-refractivity contribution >= 4 is 26.2 Å². The van der Waals surface area contributed by atoms with Crippen LogP contribution < -0.4 is 10.1 Å². The number of carbonyl (C=O) groups is 3. The lowest BCUT2D eigenvalue weighted by Crippen LogP contribution is -2.46. The number of nitrogens with one attached hydrogen (secondary N) is 1. The van der Waals surface area contributed by atoms with Crippen LogP contribution in [-0.4, -0.2) is 58.6 Å². The highest BCUT2D eigenvalue weighted by Crippen LogP contribution is 2.52. The lowest BCUT2D eigenvalue weighted by atomic mass is 10.0. The van der Waals surface area contributed by atoms with Crippen LogP contribution in [-0.2, 0) is 18.7 Å². The zero-order chi connectivity index (χ0) is 26.8. The molecule has 35 heavy (non-hydrogen) atoms. The molecule has 0 saturated heterocycles. The lowest BCUT2D eigenvalue weighted by molar-refractivity contribution is -0.143. The number of ketones is 1. The van der Waals surface area contributed by atoms with Crippen molar-refractivity contribution in [2.45, 2.75) is 71.3 Å². The summed E-state index contributed by atoms with van der Waals surface area (Å²) in [5.74, 6) is -1.65. The van der Waals surface area contributed by atoms with Gasteiger partial charge in [0.25, 0.3) is 0 Å². The van der Waals surface area contributed by atoms with E-state index in [4.69, 9.17) is 18.6 Å². The molecule has 1 fully saturated rings. The zero-order valence-corrected chi connectivity index (χ0v) is 23.7. The molecule has 0 spiro atoms. The monoisotopic (exact) mass is 507 g/mol. The Balaban J connectivity index is 2.38. The Hall–Kier alpha value is -2.39.